The van der Waals surface area contributed by atoms with Crippen LogP contribution in [0.2, 0.25) is 0 Å². The van der Waals surface area contributed by atoms with E-state index >= 15 is 0 Å². The number of carboxylic acid groups (broad SMARTS) is 1. The van der Waals surface area contributed by atoms with E-state index in [-0.39, 0.29) is 0 Å². The van der Waals surface area contributed by atoms with Crippen molar-refractivity contribution in [2.24, 2.45) is 0 Å². The van der Waals surface area contributed by atoms with Gasteiger partial charge in [-0.05, 0) is 50.6 Å². The number of hydrogen-bond acceptors (Lipinski definition) is 2. The van der Waals surface area contributed by atoms with Crippen LogP contribution >= 0.6 is 15.9 Å². The van der Waals surface area contributed by atoms with Crippen LogP contribution in [0, 0.1) is 0 Å². The second-order valence-corrected chi connectivity index (χ2v) is 6.64. The smallest absolute Gasteiger partial charge is 0.408 e. The summed E-state index contributed by atoms with van der Waals surface area (Å²) in [4.78, 5) is 12.9. The van der Waals surface area contributed by atoms with Gasteiger partial charge in [-0.1, -0.05) is 15.9 Å². The fraction of sp³-hybridized carbons (Fsp3) is 0.400. The van der Waals surface area contributed by atoms with Gasteiger partial charge in [-0.3, -0.25) is 4.90 Å². The van der Waals surface area contributed by atoms with Crippen molar-refractivity contribution in [2.75, 3.05) is 13.2 Å². The quantitative estimate of drug-likeness (QED) is 0.885. The molecule has 1 heterocycles. The van der Waals surface area contributed by atoms with Gasteiger partial charge in [-0.25, -0.2) is 4.79 Å². The third-order valence-corrected chi connectivity index (χ3v) is 3.72. The Morgan fingerprint density at radius 1 is 1.45 bits per heavy atom. The van der Waals surface area contributed by atoms with E-state index in [1.54, 1.807) is 0 Å². The first kappa shape index (κ1) is 14.9. The van der Waals surface area contributed by atoms with Crippen molar-refractivity contribution in [1.82, 2.24) is 4.90 Å². The van der Waals surface area contributed by atoms with Gasteiger partial charge in [0.15, 0.2) is 0 Å². The molecular weight excluding hydrogens is 322 g/mol. The zero-order valence-electron chi connectivity index (χ0n) is 11.8. The average Bonchev–Trinajstić information content (AvgIpc) is 2.33. The van der Waals surface area contributed by atoms with Crippen LogP contribution in [0.4, 0.5) is 4.79 Å². The van der Waals surface area contributed by atoms with Crippen molar-refractivity contribution in [2.45, 2.75) is 26.3 Å². The highest BCUT2D eigenvalue weighted by molar-refractivity contribution is 9.10. The molecule has 1 aliphatic rings. The molecule has 0 fully saturated rings. The Kier molecular flexibility index (Phi) is 4.09. The van der Waals surface area contributed by atoms with E-state index in [0.717, 1.165) is 21.4 Å². The fourth-order valence-electron chi connectivity index (χ4n) is 2.13. The third kappa shape index (κ3) is 3.15. The lowest BCUT2D eigenvalue weighted by atomic mass is 9.99. The van der Waals surface area contributed by atoms with Gasteiger partial charge in [0.2, 0.25) is 0 Å². The van der Waals surface area contributed by atoms with Crippen molar-refractivity contribution in [3.8, 4) is 5.75 Å². The molecule has 1 amide bonds. The Bertz CT molecular complexity index is 561. The maximum atomic E-state index is 11.4. The molecule has 0 aliphatic carbocycles. The fourth-order valence-corrected chi connectivity index (χ4v) is 2.47. The van der Waals surface area contributed by atoms with E-state index in [2.05, 4.69) is 15.9 Å². The van der Waals surface area contributed by atoms with Crippen LogP contribution in [0.3, 0.4) is 0 Å². The van der Waals surface area contributed by atoms with Crippen molar-refractivity contribution in [1.29, 1.82) is 0 Å². The lowest BCUT2D eigenvalue weighted by Crippen LogP contribution is -2.45. The van der Waals surface area contributed by atoms with Crippen molar-refractivity contribution in [3.05, 3.63) is 34.3 Å². The third-order valence-electron chi connectivity index (χ3n) is 3.23. The lowest BCUT2D eigenvalue weighted by molar-refractivity contribution is 0.109. The maximum absolute atomic E-state index is 11.4. The van der Waals surface area contributed by atoms with Gasteiger partial charge in [0, 0.05) is 15.6 Å². The second-order valence-electron chi connectivity index (χ2n) is 5.72. The first-order valence-corrected chi connectivity index (χ1v) is 7.20. The standard InChI is InChI=1S/C15H18BrNO3/c1-15(2,3)17(14(18)19)9-10-6-7-20-13-8-11(16)4-5-12(10)13/h4-6,8H,7,9H2,1-3H3,(H,18,19). The first-order valence-electron chi connectivity index (χ1n) is 6.41. The van der Waals surface area contributed by atoms with Crippen LogP contribution in [-0.4, -0.2) is 34.8 Å². The van der Waals surface area contributed by atoms with Gasteiger partial charge in [0.25, 0.3) is 0 Å². The zero-order chi connectivity index (χ0) is 14.9. The monoisotopic (exact) mass is 339 g/mol. The van der Waals surface area contributed by atoms with Crippen LogP contribution in [0.15, 0.2) is 28.7 Å². The number of nitrogens with zero attached hydrogens (tertiary/aromatic N) is 1. The second kappa shape index (κ2) is 5.48. The Morgan fingerprint density at radius 2 is 2.15 bits per heavy atom. The van der Waals surface area contributed by atoms with Crippen LogP contribution in [0.1, 0.15) is 26.3 Å². The summed E-state index contributed by atoms with van der Waals surface area (Å²) in [6.07, 6.45) is 1.03. The van der Waals surface area contributed by atoms with Crippen LogP contribution in [0.5, 0.6) is 5.75 Å². The van der Waals surface area contributed by atoms with Crippen LogP contribution in [0.25, 0.3) is 5.57 Å². The number of hydrogen-bond donors (Lipinski definition) is 1. The van der Waals surface area contributed by atoms with E-state index in [0.29, 0.717) is 13.2 Å². The molecule has 0 saturated heterocycles. The number of benzene rings is 1. The molecule has 0 spiro atoms. The SMILES string of the molecule is CC(C)(C)N(CC1=CCOc2cc(Br)ccc21)C(=O)O. The maximum Gasteiger partial charge on any atom is 0.408 e. The molecule has 1 aromatic rings. The molecule has 1 N–H and O–H groups in total. The van der Waals surface area contributed by atoms with Gasteiger partial charge in [0.1, 0.15) is 12.4 Å². The summed E-state index contributed by atoms with van der Waals surface area (Å²) in [6.45, 7) is 6.50. The molecule has 4 nitrogen and oxygen atoms in total. The molecule has 1 aromatic carbocycles. The molecule has 0 aromatic heterocycles. The van der Waals surface area contributed by atoms with Crippen molar-refractivity contribution in [3.63, 3.8) is 0 Å². The molecular formula is C15H18BrNO3. The number of halogens is 1. The topological polar surface area (TPSA) is 49.8 Å². The number of fused-ring (bicyclic) bond motifs is 1. The van der Waals surface area contributed by atoms with Crippen LogP contribution in [-0.2, 0) is 0 Å². The Hall–Kier alpha value is -1.49. The molecule has 5 heteroatoms. The van der Waals surface area contributed by atoms with E-state index in [9.17, 15) is 9.90 Å². The van der Waals surface area contributed by atoms with Gasteiger partial charge in [0.05, 0.1) is 6.54 Å². The highest BCUT2D eigenvalue weighted by atomic mass is 79.9. The predicted octanol–water partition coefficient (Wildman–Crippen LogP) is 4.00. The highest BCUT2D eigenvalue weighted by Gasteiger charge is 2.28. The summed E-state index contributed by atoms with van der Waals surface area (Å²) in [6, 6.07) is 5.79. The van der Waals surface area contributed by atoms with E-state index < -0.39 is 11.6 Å². The van der Waals surface area contributed by atoms with Crippen LogP contribution < -0.4 is 4.74 Å². The van der Waals surface area contributed by atoms with E-state index in [1.807, 2.05) is 45.0 Å². The minimum absolute atomic E-state index is 0.358. The summed E-state index contributed by atoms with van der Waals surface area (Å²) in [5.74, 6) is 0.788. The summed E-state index contributed by atoms with van der Waals surface area (Å²) in [5, 5.41) is 9.39. The summed E-state index contributed by atoms with van der Waals surface area (Å²) in [5.41, 5.74) is 1.49. The van der Waals surface area contributed by atoms with Gasteiger partial charge in [-0.2, -0.15) is 0 Å². The summed E-state index contributed by atoms with van der Waals surface area (Å²) in [7, 11) is 0. The Balaban J connectivity index is 2.31. The zero-order valence-corrected chi connectivity index (χ0v) is 13.4. The van der Waals surface area contributed by atoms with Crippen molar-refractivity contribution < 1.29 is 14.6 Å². The Labute approximate surface area is 127 Å². The van der Waals surface area contributed by atoms with Gasteiger partial charge < -0.3 is 9.84 Å². The molecule has 1 aliphatic heterocycles. The summed E-state index contributed by atoms with van der Waals surface area (Å²) >= 11 is 3.41. The number of carbonyl (C=O) groups is 1. The Morgan fingerprint density at radius 3 is 2.75 bits per heavy atom. The normalized spacial score (nSPS) is 14.1. The molecule has 0 bridgehead atoms. The molecule has 0 saturated carbocycles. The largest absolute Gasteiger partial charge is 0.489 e. The van der Waals surface area contributed by atoms with Crippen molar-refractivity contribution >= 4 is 27.6 Å². The highest BCUT2D eigenvalue weighted by Crippen LogP contribution is 2.33. The molecule has 0 unspecified atom stereocenters. The number of ether oxygens (including phenoxy) is 1. The van der Waals surface area contributed by atoms with E-state index in [4.69, 9.17) is 4.74 Å². The summed E-state index contributed by atoms with van der Waals surface area (Å²) < 4.78 is 6.54. The molecule has 0 atom stereocenters. The van der Waals surface area contributed by atoms with Gasteiger partial charge >= 0.3 is 6.09 Å². The molecule has 2 rings (SSSR count). The number of amides is 1. The predicted molar refractivity (Wildman–Crippen MR) is 82.1 cm³/mol. The molecule has 20 heavy (non-hydrogen) atoms. The first-order chi connectivity index (χ1) is 9.29. The average molecular weight is 340 g/mol. The lowest BCUT2D eigenvalue weighted by Gasteiger charge is -2.34. The molecule has 0 radical (unpaired) electrons. The van der Waals surface area contributed by atoms with Gasteiger partial charge in [-0.15, -0.1) is 0 Å². The minimum Gasteiger partial charge on any atom is -0.489 e. The number of rotatable bonds is 2. The molecule has 108 valence electrons. The minimum atomic E-state index is -0.913. The van der Waals surface area contributed by atoms with E-state index in [1.165, 1.54) is 4.90 Å².